The fourth-order valence-corrected chi connectivity index (χ4v) is 6.61. The number of carbonyl (C=O) groups is 1. The van der Waals surface area contributed by atoms with Gasteiger partial charge in [-0.25, -0.2) is 14.8 Å². The molecule has 5 aromatic rings. The number of rotatable bonds is 5. The number of aromatic amines is 1. The van der Waals surface area contributed by atoms with Gasteiger partial charge in [0.1, 0.15) is 5.65 Å². The van der Waals surface area contributed by atoms with Gasteiger partial charge >= 0.3 is 5.69 Å². The maximum absolute atomic E-state index is 14.0. The average molecular weight is 515 g/mol. The molecule has 0 unspecified atom stereocenters. The zero-order valence-electron chi connectivity index (χ0n) is 21.3. The highest BCUT2D eigenvalue weighted by Crippen LogP contribution is 2.36. The van der Waals surface area contributed by atoms with Crippen LogP contribution in [0.3, 0.4) is 0 Å². The van der Waals surface area contributed by atoms with Crippen LogP contribution in [-0.2, 0) is 11.3 Å². The summed E-state index contributed by atoms with van der Waals surface area (Å²) in [5.41, 5.74) is 5.11. The maximum atomic E-state index is 14.0. The summed E-state index contributed by atoms with van der Waals surface area (Å²) in [5.74, 6) is 0.322. The molecule has 0 spiro atoms. The number of aryl methyl sites for hydroxylation is 1. The fraction of sp³-hybridized carbons (Fsp3) is 0.357. The largest absolute Gasteiger partial charge is 0.346 e. The third kappa shape index (κ3) is 4.07. The minimum absolute atomic E-state index is 0.0269. The summed E-state index contributed by atoms with van der Waals surface area (Å²) in [4.78, 5) is 40.8. The van der Waals surface area contributed by atoms with E-state index in [1.54, 1.807) is 22.6 Å². The van der Waals surface area contributed by atoms with Crippen LogP contribution >= 0.6 is 11.3 Å². The third-order valence-corrected chi connectivity index (χ3v) is 8.41. The van der Waals surface area contributed by atoms with Crippen molar-refractivity contribution in [3.8, 4) is 0 Å². The van der Waals surface area contributed by atoms with E-state index in [0.29, 0.717) is 17.6 Å². The Bertz CT molecular complexity index is 1670. The second kappa shape index (κ2) is 9.30. The van der Waals surface area contributed by atoms with Crippen molar-refractivity contribution in [1.29, 1.82) is 0 Å². The predicted molar refractivity (Wildman–Crippen MR) is 148 cm³/mol. The zero-order valence-corrected chi connectivity index (χ0v) is 22.1. The molecule has 1 aliphatic carbocycles. The lowest BCUT2D eigenvalue weighted by Gasteiger charge is -2.29. The van der Waals surface area contributed by atoms with E-state index in [9.17, 15) is 9.59 Å². The monoisotopic (exact) mass is 514 g/mol. The van der Waals surface area contributed by atoms with Crippen LogP contribution in [-0.4, -0.2) is 30.0 Å². The van der Waals surface area contributed by atoms with E-state index in [2.05, 4.69) is 16.9 Å². The van der Waals surface area contributed by atoms with Gasteiger partial charge in [0.15, 0.2) is 5.13 Å². The summed E-state index contributed by atoms with van der Waals surface area (Å²) in [6.07, 6.45) is 8.13. The number of imidazole rings is 1. The summed E-state index contributed by atoms with van der Waals surface area (Å²) in [7, 11) is 0. The molecule has 2 atom stereocenters. The van der Waals surface area contributed by atoms with E-state index in [0.717, 1.165) is 58.3 Å². The second-order valence-electron chi connectivity index (χ2n) is 10.1. The SMILES string of the molecule is CC(=O)N(c1cccc(C)c1)c1nc(Cn2c(=O)n([C@H]3CCCC[C@H]3C)c3c4cc[nH]c4ncc32)cs1. The molecule has 0 aliphatic heterocycles. The predicted octanol–water partition coefficient (Wildman–Crippen LogP) is 5.93. The van der Waals surface area contributed by atoms with Crippen LogP contribution in [0.2, 0.25) is 0 Å². The molecular formula is C28H30N6O2S. The van der Waals surface area contributed by atoms with Crippen molar-refractivity contribution in [1.82, 2.24) is 24.1 Å². The van der Waals surface area contributed by atoms with Crippen molar-refractivity contribution in [3.63, 3.8) is 0 Å². The van der Waals surface area contributed by atoms with Crippen LogP contribution in [0.15, 0.2) is 52.9 Å². The van der Waals surface area contributed by atoms with E-state index in [-0.39, 0.29) is 17.6 Å². The Morgan fingerprint density at radius 2 is 2.08 bits per heavy atom. The molecular weight excluding hydrogens is 484 g/mol. The molecule has 0 saturated heterocycles. The Morgan fingerprint density at radius 3 is 2.86 bits per heavy atom. The van der Waals surface area contributed by atoms with Gasteiger partial charge in [0.05, 0.1) is 35.2 Å². The Kier molecular flexibility index (Phi) is 5.95. The number of carbonyl (C=O) groups excluding carboxylic acids is 1. The van der Waals surface area contributed by atoms with E-state index in [1.807, 2.05) is 53.4 Å². The van der Waals surface area contributed by atoms with Gasteiger partial charge in [-0.3, -0.25) is 18.8 Å². The molecule has 4 aromatic heterocycles. The minimum atomic E-state index is -0.106. The van der Waals surface area contributed by atoms with Crippen LogP contribution in [0.25, 0.3) is 22.1 Å². The van der Waals surface area contributed by atoms with Crippen molar-refractivity contribution in [2.24, 2.45) is 5.92 Å². The smallest absolute Gasteiger partial charge is 0.329 e. The normalized spacial score (nSPS) is 18.0. The van der Waals surface area contributed by atoms with Gasteiger partial charge in [0, 0.05) is 29.9 Å². The molecule has 4 heterocycles. The number of aromatic nitrogens is 5. The van der Waals surface area contributed by atoms with Gasteiger partial charge in [-0.2, -0.15) is 0 Å². The Morgan fingerprint density at radius 1 is 1.24 bits per heavy atom. The van der Waals surface area contributed by atoms with Crippen LogP contribution in [0, 0.1) is 12.8 Å². The molecule has 8 nitrogen and oxygen atoms in total. The Labute approximate surface area is 218 Å². The number of fused-ring (bicyclic) bond motifs is 3. The minimum Gasteiger partial charge on any atom is -0.346 e. The van der Waals surface area contributed by atoms with E-state index < -0.39 is 0 Å². The van der Waals surface area contributed by atoms with Crippen molar-refractivity contribution < 1.29 is 4.79 Å². The molecule has 37 heavy (non-hydrogen) atoms. The van der Waals surface area contributed by atoms with Gasteiger partial charge in [-0.1, -0.05) is 31.9 Å². The first-order valence-corrected chi connectivity index (χ1v) is 13.7. The highest BCUT2D eigenvalue weighted by molar-refractivity contribution is 7.14. The molecule has 190 valence electrons. The van der Waals surface area contributed by atoms with Gasteiger partial charge in [-0.05, 0) is 49.4 Å². The number of pyridine rings is 1. The first-order valence-electron chi connectivity index (χ1n) is 12.8. The second-order valence-corrected chi connectivity index (χ2v) is 11.0. The average Bonchev–Trinajstić information content (AvgIpc) is 3.59. The quantitative estimate of drug-likeness (QED) is 0.315. The van der Waals surface area contributed by atoms with Crippen molar-refractivity contribution in [3.05, 3.63) is 69.8 Å². The summed E-state index contributed by atoms with van der Waals surface area (Å²) >= 11 is 1.41. The maximum Gasteiger partial charge on any atom is 0.329 e. The molecule has 9 heteroatoms. The molecule has 1 aromatic carbocycles. The Hall–Kier alpha value is -3.72. The molecule has 6 rings (SSSR count). The van der Waals surface area contributed by atoms with Crippen LogP contribution in [0.4, 0.5) is 10.8 Å². The number of nitrogens with one attached hydrogen (secondary N) is 1. The van der Waals surface area contributed by atoms with Crippen LogP contribution in [0.5, 0.6) is 0 Å². The number of benzene rings is 1. The fourth-order valence-electron chi connectivity index (χ4n) is 5.73. The van der Waals surface area contributed by atoms with Crippen LogP contribution in [0.1, 0.15) is 56.8 Å². The molecule has 1 saturated carbocycles. The first-order chi connectivity index (χ1) is 17.9. The summed E-state index contributed by atoms with van der Waals surface area (Å²) in [5, 5.41) is 3.49. The standard InChI is InChI=1S/C28H30N6O2S/c1-17-7-6-9-21(13-17)33(19(3)35)27-31-20(16-37-27)15-32-24-14-30-26-22(11-12-29-26)25(24)34(28(32)36)23-10-5-4-8-18(23)2/h6-7,9,11-14,16,18,23H,4-5,8,10,15H2,1-3H3,(H,29,30)/t18-,23+/m1/s1. The summed E-state index contributed by atoms with van der Waals surface area (Å²) in [6, 6.07) is 9.98. The lowest BCUT2D eigenvalue weighted by molar-refractivity contribution is -0.115. The van der Waals surface area contributed by atoms with Gasteiger partial charge in [0.2, 0.25) is 5.91 Å². The van der Waals surface area contributed by atoms with Gasteiger partial charge < -0.3 is 4.98 Å². The highest BCUT2D eigenvalue weighted by atomic mass is 32.1. The van der Waals surface area contributed by atoms with Gasteiger partial charge in [-0.15, -0.1) is 11.3 Å². The highest BCUT2D eigenvalue weighted by Gasteiger charge is 2.29. The van der Waals surface area contributed by atoms with E-state index in [4.69, 9.17) is 4.98 Å². The van der Waals surface area contributed by atoms with Crippen molar-refractivity contribution >= 4 is 50.1 Å². The number of anilines is 2. The lowest BCUT2D eigenvalue weighted by atomic mass is 9.85. The van der Waals surface area contributed by atoms with Crippen LogP contribution < -0.4 is 10.6 Å². The number of nitrogens with zero attached hydrogens (tertiary/aromatic N) is 5. The third-order valence-electron chi connectivity index (χ3n) is 7.53. The molecule has 1 fully saturated rings. The summed E-state index contributed by atoms with van der Waals surface area (Å²) in [6.45, 7) is 6.11. The van der Waals surface area contributed by atoms with E-state index >= 15 is 0 Å². The summed E-state index contributed by atoms with van der Waals surface area (Å²) < 4.78 is 3.80. The lowest BCUT2D eigenvalue weighted by Crippen LogP contribution is -2.32. The van der Waals surface area contributed by atoms with Gasteiger partial charge in [0.25, 0.3) is 0 Å². The Balaban J connectivity index is 1.44. The number of hydrogen-bond acceptors (Lipinski definition) is 5. The molecule has 1 aliphatic rings. The number of thiazole rings is 1. The van der Waals surface area contributed by atoms with Crippen molar-refractivity contribution in [2.75, 3.05) is 4.90 Å². The molecule has 0 radical (unpaired) electrons. The van der Waals surface area contributed by atoms with Crippen molar-refractivity contribution in [2.45, 2.75) is 59.0 Å². The molecule has 1 amide bonds. The first kappa shape index (κ1) is 23.7. The number of H-pyrrole nitrogens is 1. The molecule has 0 bridgehead atoms. The zero-order chi connectivity index (χ0) is 25.7. The molecule has 1 N–H and O–H groups in total. The topological polar surface area (TPSA) is 88.8 Å². The number of amides is 1. The van der Waals surface area contributed by atoms with E-state index in [1.165, 1.54) is 17.8 Å². The number of hydrogen-bond donors (Lipinski definition) is 1.